The zero-order valence-corrected chi connectivity index (χ0v) is 11.0. The van der Waals surface area contributed by atoms with Gasteiger partial charge in [-0.2, -0.15) is 0 Å². The van der Waals surface area contributed by atoms with Crippen LogP contribution in [0.3, 0.4) is 0 Å². The zero-order valence-electron chi connectivity index (χ0n) is 10.2. The topological polar surface area (TPSA) is 39.2 Å². The van der Waals surface area contributed by atoms with Crippen LogP contribution in [-0.4, -0.2) is 0 Å². The van der Waals surface area contributed by atoms with Gasteiger partial charge in [0.1, 0.15) is 5.76 Å². The van der Waals surface area contributed by atoms with Crippen molar-refractivity contribution in [3.63, 3.8) is 0 Å². The van der Waals surface area contributed by atoms with E-state index in [0.29, 0.717) is 0 Å². The lowest BCUT2D eigenvalue weighted by atomic mass is 10.00. The second-order valence-electron chi connectivity index (χ2n) is 4.50. The van der Waals surface area contributed by atoms with Crippen molar-refractivity contribution in [2.75, 3.05) is 0 Å². The Morgan fingerprint density at radius 3 is 2.89 bits per heavy atom. The van der Waals surface area contributed by atoms with Gasteiger partial charge >= 0.3 is 0 Å². The largest absolute Gasteiger partial charge is 0.469 e. The van der Waals surface area contributed by atoms with Gasteiger partial charge in [-0.3, -0.25) is 0 Å². The third-order valence-corrected chi connectivity index (χ3v) is 4.31. The Morgan fingerprint density at radius 1 is 1.28 bits per heavy atom. The number of benzene rings is 1. The predicted molar refractivity (Wildman–Crippen MR) is 75.9 cm³/mol. The Hall–Kier alpha value is -1.58. The highest BCUT2D eigenvalue weighted by atomic mass is 32.1. The third kappa shape index (κ3) is 1.96. The minimum absolute atomic E-state index is 0.00163. The van der Waals surface area contributed by atoms with Crippen molar-refractivity contribution in [2.45, 2.75) is 19.4 Å². The van der Waals surface area contributed by atoms with Gasteiger partial charge in [0.05, 0.1) is 6.26 Å². The quantitative estimate of drug-likeness (QED) is 0.769. The molecule has 1 unspecified atom stereocenters. The molecule has 0 bridgehead atoms. The Kier molecular flexibility index (Phi) is 2.94. The van der Waals surface area contributed by atoms with Gasteiger partial charge in [0, 0.05) is 16.3 Å². The molecule has 3 aromatic rings. The average molecular weight is 257 g/mol. The predicted octanol–water partition coefficient (Wildman–Crippen LogP) is 4.05. The number of hydrogen-bond donors (Lipinski definition) is 1. The second kappa shape index (κ2) is 4.59. The molecule has 1 aromatic carbocycles. The minimum atomic E-state index is 0.00163. The van der Waals surface area contributed by atoms with Gasteiger partial charge in [0.25, 0.3) is 0 Å². The SMILES string of the molecule is Cc1occc1C(N)Cc1csc2ccccc12. The molecule has 2 aromatic heterocycles. The van der Waals surface area contributed by atoms with Crippen LogP contribution < -0.4 is 5.73 Å². The summed E-state index contributed by atoms with van der Waals surface area (Å²) in [7, 11) is 0. The fourth-order valence-corrected chi connectivity index (χ4v) is 3.29. The Morgan fingerprint density at radius 2 is 2.11 bits per heavy atom. The van der Waals surface area contributed by atoms with E-state index < -0.39 is 0 Å². The molecular formula is C15H15NOS. The van der Waals surface area contributed by atoms with Gasteiger partial charge in [-0.05, 0) is 41.8 Å². The minimum Gasteiger partial charge on any atom is -0.469 e. The van der Waals surface area contributed by atoms with E-state index in [4.69, 9.17) is 10.2 Å². The van der Waals surface area contributed by atoms with Crippen LogP contribution in [0.5, 0.6) is 0 Å². The van der Waals surface area contributed by atoms with Crippen molar-refractivity contribution < 1.29 is 4.42 Å². The van der Waals surface area contributed by atoms with Crippen LogP contribution in [0, 0.1) is 6.92 Å². The van der Waals surface area contributed by atoms with Gasteiger partial charge in [0.2, 0.25) is 0 Å². The number of fused-ring (bicyclic) bond motifs is 1. The lowest BCUT2D eigenvalue weighted by Crippen LogP contribution is -2.13. The van der Waals surface area contributed by atoms with Gasteiger partial charge in [0.15, 0.2) is 0 Å². The average Bonchev–Trinajstić information content (AvgIpc) is 2.97. The Bertz CT molecular complexity index is 668. The smallest absolute Gasteiger partial charge is 0.105 e. The third-order valence-electron chi connectivity index (χ3n) is 3.30. The van der Waals surface area contributed by atoms with Crippen molar-refractivity contribution in [3.8, 4) is 0 Å². The van der Waals surface area contributed by atoms with Crippen molar-refractivity contribution in [1.82, 2.24) is 0 Å². The fraction of sp³-hybridized carbons (Fsp3) is 0.200. The fourth-order valence-electron chi connectivity index (χ4n) is 2.32. The lowest BCUT2D eigenvalue weighted by molar-refractivity contribution is 0.524. The molecule has 0 spiro atoms. The van der Waals surface area contributed by atoms with Crippen LogP contribution in [-0.2, 0) is 6.42 Å². The second-order valence-corrected chi connectivity index (χ2v) is 5.41. The zero-order chi connectivity index (χ0) is 12.5. The Labute approximate surface area is 110 Å². The summed E-state index contributed by atoms with van der Waals surface area (Å²) < 4.78 is 6.64. The maximum absolute atomic E-state index is 6.27. The standard InChI is InChI=1S/C15H15NOS/c1-10-12(6-7-17-10)14(16)8-11-9-18-15-5-3-2-4-13(11)15/h2-7,9,14H,8,16H2,1H3. The number of aryl methyl sites for hydroxylation is 1. The van der Waals surface area contributed by atoms with Crippen LogP contribution in [0.1, 0.15) is 22.9 Å². The molecule has 0 amide bonds. The summed E-state index contributed by atoms with van der Waals surface area (Å²) in [6.45, 7) is 1.96. The molecule has 0 aliphatic carbocycles. The van der Waals surface area contributed by atoms with E-state index in [0.717, 1.165) is 17.7 Å². The molecule has 0 aliphatic heterocycles. The number of nitrogens with two attached hydrogens (primary N) is 1. The van der Waals surface area contributed by atoms with Gasteiger partial charge < -0.3 is 10.2 Å². The van der Waals surface area contributed by atoms with Crippen LogP contribution >= 0.6 is 11.3 Å². The van der Waals surface area contributed by atoms with Crippen molar-refractivity contribution in [2.24, 2.45) is 5.73 Å². The highest BCUT2D eigenvalue weighted by Gasteiger charge is 2.14. The Balaban J connectivity index is 1.91. The molecule has 18 heavy (non-hydrogen) atoms. The molecule has 0 saturated carbocycles. The van der Waals surface area contributed by atoms with Crippen molar-refractivity contribution in [1.29, 1.82) is 0 Å². The molecule has 92 valence electrons. The first-order valence-corrected chi connectivity index (χ1v) is 6.88. The maximum atomic E-state index is 6.27. The van der Waals surface area contributed by atoms with Crippen LogP contribution in [0.2, 0.25) is 0 Å². The van der Waals surface area contributed by atoms with Crippen LogP contribution in [0.25, 0.3) is 10.1 Å². The van der Waals surface area contributed by atoms with Crippen molar-refractivity contribution >= 4 is 21.4 Å². The summed E-state index contributed by atoms with van der Waals surface area (Å²) in [5, 5.41) is 3.53. The van der Waals surface area contributed by atoms with Gasteiger partial charge in [-0.15, -0.1) is 11.3 Å². The lowest BCUT2D eigenvalue weighted by Gasteiger charge is -2.10. The van der Waals surface area contributed by atoms with E-state index in [9.17, 15) is 0 Å². The number of thiophene rings is 1. The maximum Gasteiger partial charge on any atom is 0.105 e. The monoisotopic (exact) mass is 257 g/mol. The first-order valence-electron chi connectivity index (χ1n) is 6.00. The summed E-state index contributed by atoms with van der Waals surface area (Å²) in [6.07, 6.45) is 2.56. The molecule has 2 N–H and O–H groups in total. The van der Waals surface area contributed by atoms with E-state index >= 15 is 0 Å². The summed E-state index contributed by atoms with van der Waals surface area (Å²) in [5.74, 6) is 0.919. The highest BCUT2D eigenvalue weighted by Crippen LogP contribution is 2.29. The molecule has 1 atom stereocenters. The summed E-state index contributed by atoms with van der Waals surface area (Å²) in [4.78, 5) is 0. The number of furan rings is 1. The van der Waals surface area contributed by atoms with E-state index in [1.165, 1.54) is 15.6 Å². The first kappa shape index (κ1) is 11.5. The van der Waals surface area contributed by atoms with E-state index in [-0.39, 0.29) is 6.04 Å². The summed E-state index contributed by atoms with van der Waals surface area (Å²) in [6, 6.07) is 10.4. The van der Waals surface area contributed by atoms with E-state index in [1.807, 2.05) is 13.0 Å². The molecule has 0 fully saturated rings. The van der Waals surface area contributed by atoms with E-state index in [1.54, 1.807) is 17.6 Å². The van der Waals surface area contributed by atoms with Gasteiger partial charge in [-0.1, -0.05) is 18.2 Å². The highest BCUT2D eigenvalue weighted by molar-refractivity contribution is 7.17. The normalized spacial score (nSPS) is 13.0. The molecule has 3 rings (SSSR count). The van der Waals surface area contributed by atoms with Crippen LogP contribution in [0.4, 0.5) is 0 Å². The van der Waals surface area contributed by atoms with Gasteiger partial charge in [-0.25, -0.2) is 0 Å². The number of rotatable bonds is 3. The molecule has 0 saturated heterocycles. The van der Waals surface area contributed by atoms with E-state index in [2.05, 4.69) is 29.6 Å². The first-order chi connectivity index (χ1) is 8.75. The van der Waals surface area contributed by atoms with Crippen molar-refractivity contribution in [3.05, 3.63) is 58.9 Å². The summed E-state index contributed by atoms with van der Waals surface area (Å²) in [5.41, 5.74) is 8.69. The molecular weight excluding hydrogens is 242 g/mol. The molecule has 2 heterocycles. The molecule has 0 radical (unpaired) electrons. The summed E-state index contributed by atoms with van der Waals surface area (Å²) >= 11 is 1.78. The molecule has 2 nitrogen and oxygen atoms in total. The molecule has 3 heteroatoms. The van der Waals surface area contributed by atoms with Crippen LogP contribution in [0.15, 0.2) is 46.4 Å². The number of hydrogen-bond acceptors (Lipinski definition) is 3. The molecule has 0 aliphatic rings.